The zero-order chi connectivity index (χ0) is 16.2. The summed E-state index contributed by atoms with van der Waals surface area (Å²) in [6, 6.07) is 12.9. The molecule has 1 amide bonds. The zero-order valence-corrected chi connectivity index (χ0v) is 13.3. The fraction of sp³-hybridized carbons (Fsp3) is 0.278. The fourth-order valence-electron chi connectivity index (χ4n) is 2.66. The third-order valence-electron chi connectivity index (χ3n) is 3.94. The Morgan fingerprint density at radius 2 is 1.65 bits per heavy atom. The monoisotopic (exact) mass is 333 g/mol. The van der Waals surface area contributed by atoms with E-state index in [2.05, 4.69) is 0 Å². The highest BCUT2D eigenvalue weighted by Gasteiger charge is 2.24. The van der Waals surface area contributed by atoms with E-state index >= 15 is 0 Å². The normalized spacial score (nSPS) is 15.5. The molecule has 5 heteroatoms. The number of piperidine rings is 1. The molecule has 23 heavy (non-hydrogen) atoms. The van der Waals surface area contributed by atoms with E-state index in [-0.39, 0.29) is 17.8 Å². The number of halogens is 2. The van der Waals surface area contributed by atoms with Crippen LogP contribution in [0.3, 0.4) is 0 Å². The molecule has 2 aromatic rings. The smallest absolute Gasteiger partial charge is 0.253 e. The lowest BCUT2D eigenvalue weighted by atomic mass is 10.1. The van der Waals surface area contributed by atoms with E-state index < -0.39 is 0 Å². The second-order valence-electron chi connectivity index (χ2n) is 5.57. The number of nitrogens with zero attached hydrogens (tertiary/aromatic N) is 1. The van der Waals surface area contributed by atoms with Gasteiger partial charge in [0.2, 0.25) is 0 Å². The van der Waals surface area contributed by atoms with Crippen LogP contribution in [-0.4, -0.2) is 30.0 Å². The largest absolute Gasteiger partial charge is 0.490 e. The summed E-state index contributed by atoms with van der Waals surface area (Å²) in [5, 5.41) is 0.678. The van der Waals surface area contributed by atoms with Gasteiger partial charge in [-0.3, -0.25) is 4.79 Å². The molecule has 1 fully saturated rings. The second kappa shape index (κ2) is 7.01. The maximum absolute atomic E-state index is 12.9. The highest BCUT2D eigenvalue weighted by molar-refractivity contribution is 6.30. The molecule has 1 heterocycles. The Labute approximate surface area is 139 Å². The summed E-state index contributed by atoms with van der Waals surface area (Å²) < 4.78 is 18.8. The van der Waals surface area contributed by atoms with Crippen molar-refractivity contribution in [2.75, 3.05) is 13.1 Å². The average Bonchev–Trinajstić information content (AvgIpc) is 2.58. The Hall–Kier alpha value is -2.07. The van der Waals surface area contributed by atoms with E-state index in [0.29, 0.717) is 23.7 Å². The summed E-state index contributed by atoms with van der Waals surface area (Å²) >= 11 is 5.85. The lowest BCUT2D eigenvalue weighted by Crippen LogP contribution is -2.41. The Kier molecular flexibility index (Phi) is 4.82. The van der Waals surface area contributed by atoms with Gasteiger partial charge >= 0.3 is 0 Å². The number of benzene rings is 2. The van der Waals surface area contributed by atoms with Gasteiger partial charge in [0.05, 0.1) is 0 Å². The van der Waals surface area contributed by atoms with Gasteiger partial charge < -0.3 is 9.64 Å². The summed E-state index contributed by atoms with van der Waals surface area (Å²) in [6.07, 6.45) is 1.64. The van der Waals surface area contributed by atoms with Gasteiger partial charge in [-0.2, -0.15) is 0 Å². The highest BCUT2D eigenvalue weighted by atomic mass is 35.5. The van der Waals surface area contributed by atoms with Gasteiger partial charge in [-0.05, 0) is 48.5 Å². The van der Waals surface area contributed by atoms with Crippen molar-refractivity contribution >= 4 is 17.5 Å². The van der Waals surface area contributed by atoms with Crippen molar-refractivity contribution in [2.24, 2.45) is 0 Å². The summed E-state index contributed by atoms with van der Waals surface area (Å²) in [4.78, 5) is 14.1. The van der Waals surface area contributed by atoms with E-state index in [0.717, 1.165) is 18.6 Å². The molecule has 1 saturated heterocycles. The van der Waals surface area contributed by atoms with E-state index in [9.17, 15) is 9.18 Å². The van der Waals surface area contributed by atoms with Gasteiger partial charge in [0.15, 0.2) is 0 Å². The van der Waals surface area contributed by atoms with Crippen LogP contribution in [0.25, 0.3) is 0 Å². The number of hydrogen-bond donors (Lipinski definition) is 0. The number of likely N-dealkylation sites (tertiary alicyclic amines) is 1. The lowest BCUT2D eigenvalue weighted by molar-refractivity contribution is 0.0595. The van der Waals surface area contributed by atoms with Crippen LogP contribution in [0.2, 0.25) is 5.02 Å². The maximum Gasteiger partial charge on any atom is 0.253 e. The standard InChI is InChI=1S/C18H17ClFNO2/c19-14-3-7-16(8-4-14)23-17-9-11-21(12-10-17)18(22)13-1-5-15(20)6-2-13/h1-8,17H,9-12H2. The van der Waals surface area contributed by atoms with E-state index in [1.807, 2.05) is 12.1 Å². The minimum absolute atomic E-state index is 0.0602. The molecular formula is C18H17ClFNO2. The lowest BCUT2D eigenvalue weighted by Gasteiger charge is -2.32. The molecule has 0 bridgehead atoms. The van der Waals surface area contributed by atoms with Crippen LogP contribution >= 0.6 is 11.6 Å². The first-order valence-corrected chi connectivity index (χ1v) is 7.97. The molecule has 0 spiro atoms. The van der Waals surface area contributed by atoms with Crippen LogP contribution in [0.4, 0.5) is 4.39 Å². The van der Waals surface area contributed by atoms with Crippen molar-refractivity contribution in [2.45, 2.75) is 18.9 Å². The molecule has 0 aliphatic carbocycles. The van der Waals surface area contributed by atoms with Gasteiger partial charge in [0.25, 0.3) is 5.91 Å². The molecule has 0 aromatic heterocycles. The van der Waals surface area contributed by atoms with Crippen molar-refractivity contribution < 1.29 is 13.9 Å². The molecule has 0 atom stereocenters. The summed E-state index contributed by atoms with van der Waals surface area (Å²) in [7, 11) is 0. The van der Waals surface area contributed by atoms with Gasteiger partial charge in [-0.25, -0.2) is 4.39 Å². The molecule has 1 aliphatic heterocycles. The Morgan fingerprint density at radius 3 is 2.26 bits per heavy atom. The van der Waals surface area contributed by atoms with Crippen molar-refractivity contribution in [3.8, 4) is 5.75 Å². The highest BCUT2D eigenvalue weighted by Crippen LogP contribution is 2.22. The van der Waals surface area contributed by atoms with Gasteiger partial charge in [0, 0.05) is 36.5 Å². The Balaban J connectivity index is 1.54. The third-order valence-corrected chi connectivity index (χ3v) is 4.19. The van der Waals surface area contributed by atoms with Crippen LogP contribution in [0.1, 0.15) is 23.2 Å². The Bertz CT molecular complexity index is 664. The summed E-state index contributed by atoms with van der Waals surface area (Å²) in [5.74, 6) is 0.393. The molecule has 120 valence electrons. The predicted molar refractivity (Wildman–Crippen MR) is 87.4 cm³/mol. The van der Waals surface area contributed by atoms with Crippen molar-refractivity contribution in [3.63, 3.8) is 0 Å². The van der Waals surface area contributed by atoms with Gasteiger partial charge in [-0.15, -0.1) is 0 Å². The quantitative estimate of drug-likeness (QED) is 0.844. The van der Waals surface area contributed by atoms with Crippen molar-refractivity contribution in [3.05, 3.63) is 64.9 Å². The SMILES string of the molecule is O=C(c1ccc(F)cc1)N1CCC(Oc2ccc(Cl)cc2)CC1. The summed E-state index contributed by atoms with van der Waals surface area (Å²) in [6.45, 7) is 1.27. The predicted octanol–water partition coefficient (Wildman–Crippen LogP) is 4.16. The van der Waals surface area contributed by atoms with Crippen LogP contribution in [0.5, 0.6) is 5.75 Å². The first-order chi connectivity index (χ1) is 11.1. The number of amides is 1. The van der Waals surface area contributed by atoms with Crippen molar-refractivity contribution in [1.82, 2.24) is 4.90 Å². The minimum Gasteiger partial charge on any atom is -0.490 e. The van der Waals surface area contributed by atoms with Crippen LogP contribution in [-0.2, 0) is 0 Å². The van der Waals surface area contributed by atoms with Crippen LogP contribution in [0.15, 0.2) is 48.5 Å². The van der Waals surface area contributed by atoms with Crippen molar-refractivity contribution in [1.29, 1.82) is 0 Å². The molecular weight excluding hydrogens is 317 g/mol. The average molecular weight is 334 g/mol. The fourth-order valence-corrected chi connectivity index (χ4v) is 2.78. The molecule has 0 saturated carbocycles. The minimum atomic E-state index is -0.336. The second-order valence-corrected chi connectivity index (χ2v) is 6.01. The molecule has 3 rings (SSSR count). The first-order valence-electron chi connectivity index (χ1n) is 7.59. The molecule has 0 radical (unpaired) electrons. The van der Waals surface area contributed by atoms with Gasteiger partial charge in [-0.1, -0.05) is 11.6 Å². The van der Waals surface area contributed by atoms with E-state index in [1.54, 1.807) is 17.0 Å². The third kappa shape index (κ3) is 4.02. The number of hydrogen-bond acceptors (Lipinski definition) is 2. The first kappa shape index (κ1) is 15.8. The number of carbonyl (C=O) groups excluding carboxylic acids is 1. The van der Waals surface area contributed by atoms with Crippen LogP contribution < -0.4 is 4.74 Å². The number of carbonyl (C=O) groups is 1. The van der Waals surface area contributed by atoms with Crippen LogP contribution in [0, 0.1) is 5.82 Å². The van der Waals surface area contributed by atoms with Gasteiger partial charge in [0.1, 0.15) is 17.7 Å². The molecule has 2 aromatic carbocycles. The Morgan fingerprint density at radius 1 is 1.04 bits per heavy atom. The molecule has 3 nitrogen and oxygen atoms in total. The topological polar surface area (TPSA) is 29.5 Å². The van der Waals surface area contributed by atoms with E-state index in [1.165, 1.54) is 24.3 Å². The zero-order valence-electron chi connectivity index (χ0n) is 12.5. The van der Waals surface area contributed by atoms with E-state index in [4.69, 9.17) is 16.3 Å². The molecule has 0 unspecified atom stereocenters. The summed E-state index contributed by atoms with van der Waals surface area (Å²) in [5.41, 5.74) is 0.517. The molecule has 1 aliphatic rings. The number of ether oxygens (including phenoxy) is 1. The molecule has 0 N–H and O–H groups in total. The number of rotatable bonds is 3. The maximum atomic E-state index is 12.9.